The van der Waals surface area contributed by atoms with Gasteiger partial charge in [0.05, 0.1) is 12.5 Å². The molecular weight excluding hydrogens is 314 g/mol. The second kappa shape index (κ2) is 10.3. The standard InChI is InChI=1S/C20H25N3O2/c1-21-13-8-14-22-19(24)15-18(16-9-4-2-5-10-16)23-20(25)17-11-6-3-7-12-17/h2-7,9-12,18,21H,8,13-15H2,1H3,(H,22,24)(H,23,25). The smallest absolute Gasteiger partial charge is 0.251 e. The van der Waals surface area contributed by atoms with Crippen LogP contribution in [0.15, 0.2) is 60.7 Å². The fraction of sp³-hybridized carbons (Fsp3) is 0.300. The predicted octanol–water partition coefficient (Wildman–Crippen LogP) is 2.27. The molecule has 0 heterocycles. The number of nitrogens with one attached hydrogen (secondary N) is 3. The van der Waals surface area contributed by atoms with Crippen LogP contribution in [0.25, 0.3) is 0 Å². The van der Waals surface area contributed by atoms with Crippen molar-refractivity contribution in [2.24, 2.45) is 0 Å². The highest BCUT2D eigenvalue weighted by molar-refractivity contribution is 5.94. The molecule has 0 aliphatic carbocycles. The Hall–Kier alpha value is -2.66. The molecule has 0 aliphatic heterocycles. The van der Waals surface area contributed by atoms with E-state index in [1.54, 1.807) is 12.1 Å². The van der Waals surface area contributed by atoms with Gasteiger partial charge in [-0.1, -0.05) is 48.5 Å². The van der Waals surface area contributed by atoms with Crippen LogP contribution in [0.3, 0.4) is 0 Å². The minimum absolute atomic E-state index is 0.0710. The van der Waals surface area contributed by atoms with Gasteiger partial charge in [-0.15, -0.1) is 0 Å². The molecule has 3 N–H and O–H groups in total. The molecule has 25 heavy (non-hydrogen) atoms. The molecule has 2 aromatic rings. The minimum atomic E-state index is -0.363. The van der Waals surface area contributed by atoms with Crippen LogP contribution in [0.4, 0.5) is 0 Å². The summed E-state index contributed by atoms with van der Waals surface area (Å²) < 4.78 is 0. The van der Waals surface area contributed by atoms with Crippen molar-refractivity contribution in [1.82, 2.24) is 16.0 Å². The van der Waals surface area contributed by atoms with Gasteiger partial charge in [0, 0.05) is 12.1 Å². The first-order valence-corrected chi connectivity index (χ1v) is 8.53. The quantitative estimate of drug-likeness (QED) is 0.614. The summed E-state index contributed by atoms with van der Waals surface area (Å²) in [5.41, 5.74) is 1.50. The van der Waals surface area contributed by atoms with Crippen LogP contribution in [-0.4, -0.2) is 32.0 Å². The summed E-state index contributed by atoms with van der Waals surface area (Å²) in [7, 11) is 1.88. The van der Waals surface area contributed by atoms with E-state index in [0.29, 0.717) is 12.1 Å². The molecule has 1 unspecified atom stereocenters. The van der Waals surface area contributed by atoms with Crippen molar-refractivity contribution < 1.29 is 9.59 Å². The van der Waals surface area contributed by atoms with Crippen LogP contribution in [0.5, 0.6) is 0 Å². The van der Waals surface area contributed by atoms with E-state index < -0.39 is 0 Å². The molecule has 2 amide bonds. The second-order valence-electron chi connectivity index (χ2n) is 5.81. The van der Waals surface area contributed by atoms with Gasteiger partial charge in [-0.05, 0) is 37.7 Å². The molecular formula is C20H25N3O2. The number of amides is 2. The molecule has 0 saturated carbocycles. The van der Waals surface area contributed by atoms with E-state index in [1.807, 2.05) is 55.6 Å². The summed E-state index contributed by atoms with van der Waals surface area (Å²) >= 11 is 0. The SMILES string of the molecule is CNCCCNC(=O)CC(NC(=O)c1ccccc1)c1ccccc1. The summed E-state index contributed by atoms with van der Waals surface area (Å²) in [6.07, 6.45) is 1.08. The van der Waals surface area contributed by atoms with E-state index in [0.717, 1.165) is 18.5 Å². The Bertz CT molecular complexity index is 659. The molecule has 0 aromatic heterocycles. The number of hydrogen-bond donors (Lipinski definition) is 3. The summed E-state index contributed by atoms with van der Waals surface area (Å²) in [5.74, 6) is -0.254. The highest BCUT2D eigenvalue weighted by atomic mass is 16.2. The normalized spacial score (nSPS) is 11.6. The summed E-state index contributed by atoms with van der Waals surface area (Å²) in [5, 5.41) is 8.91. The number of carbonyl (C=O) groups excluding carboxylic acids is 2. The Balaban J connectivity index is 2.01. The molecule has 0 aliphatic rings. The van der Waals surface area contributed by atoms with Crippen molar-refractivity contribution in [1.29, 1.82) is 0 Å². The first-order valence-electron chi connectivity index (χ1n) is 8.53. The summed E-state index contributed by atoms with van der Waals surface area (Å²) in [4.78, 5) is 24.7. The monoisotopic (exact) mass is 339 g/mol. The van der Waals surface area contributed by atoms with Gasteiger partial charge in [-0.3, -0.25) is 9.59 Å². The first kappa shape index (κ1) is 18.7. The van der Waals surface area contributed by atoms with E-state index in [1.165, 1.54) is 0 Å². The van der Waals surface area contributed by atoms with Crippen molar-refractivity contribution in [2.75, 3.05) is 20.1 Å². The van der Waals surface area contributed by atoms with Gasteiger partial charge in [0.1, 0.15) is 0 Å². The second-order valence-corrected chi connectivity index (χ2v) is 5.81. The van der Waals surface area contributed by atoms with Crippen LogP contribution in [0.2, 0.25) is 0 Å². The Morgan fingerprint density at radius 1 is 0.920 bits per heavy atom. The molecule has 0 saturated heterocycles. The Labute approximate surface area is 148 Å². The van der Waals surface area contributed by atoms with Gasteiger partial charge in [0.25, 0.3) is 5.91 Å². The van der Waals surface area contributed by atoms with Crippen LogP contribution in [0.1, 0.15) is 34.8 Å². The largest absolute Gasteiger partial charge is 0.356 e. The summed E-state index contributed by atoms with van der Waals surface area (Å²) in [6.45, 7) is 1.47. The molecule has 0 fully saturated rings. The van der Waals surface area contributed by atoms with Crippen molar-refractivity contribution in [3.63, 3.8) is 0 Å². The lowest BCUT2D eigenvalue weighted by atomic mass is 10.0. The molecule has 2 aromatic carbocycles. The van der Waals surface area contributed by atoms with E-state index in [2.05, 4.69) is 16.0 Å². The van der Waals surface area contributed by atoms with Crippen molar-refractivity contribution in [2.45, 2.75) is 18.9 Å². The molecule has 1 atom stereocenters. The lowest BCUT2D eigenvalue weighted by molar-refractivity contribution is -0.121. The molecule has 2 rings (SSSR count). The summed E-state index contributed by atoms with van der Waals surface area (Å²) in [6, 6.07) is 18.2. The fourth-order valence-corrected chi connectivity index (χ4v) is 2.52. The van der Waals surface area contributed by atoms with Gasteiger partial charge in [0.15, 0.2) is 0 Å². The molecule has 0 bridgehead atoms. The first-order chi connectivity index (χ1) is 12.2. The number of rotatable bonds is 9. The Morgan fingerprint density at radius 3 is 2.20 bits per heavy atom. The Morgan fingerprint density at radius 2 is 1.56 bits per heavy atom. The van der Waals surface area contributed by atoms with Crippen LogP contribution in [0, 0.1) is 0 Å². The minimum Gasteiger partial charge on any atom is -0.356 e. The molecule has 132 valence electrons. The zero-order chi connectivity index (χ0) is 17.9. The van der Waals surface area contributed by atoms with E-state index >= 15 is 0 Å². The number of carbonyl (C=O) groups is 2. The van der Waals surface area contributed by atoms with Gasteiger partial charge < -0.3 is 16.0 Å². The van der Waals surface area contributed by atoms with E-state index in [4.69, 9.17) is 0 Å². The lowest BCUT2D eigenvalue weighted by Crippen LogP contribution is -2.34. The zero-order valence-corrected chi connectivity index (χ0v) is 14.5. The van der Waals surface area contributed by atoms with Crippen molar-refractivity contribution in [3.8, 4) is 0 Å². The molecule has 5 heteroatoms. The van der Waals surface area contributed by atoms with Crippen LogP contribution < -0.4 is 16.0 Å². The van der Waals surface area contributed by atoms with Crippen LogP contribution in [-0.2, 0) is 4.79 Å². The van der Waals surface area contributed by atoms with Crippen molar-refractivity contribution >= 4 is 11.8 Å². The molecule has 0 spiro atoms. The molecule has 0 radical (unpaired) electrons. The van der Waals surface area contributed by atoms with Gasteiger partial charge in [0.2, 0.25) is 5.91 Å². The average Bonchev–Trinajstić information content (AvgIpc) is 2.66. The molecule has 5 nitrogen and oxygen atoms in total. The van der Waals surface area contributed by atoms with Gasteiger partial charge >= 0.3 is 0 Å². The maximum absolute atomic E-state index is 12.5. The number of hydrogen-bond acceptors (Lipinski definition) is 3. The maximum Gasteiger partial charge on any atom is 0.251 e. The third-order valence-corrected chi connectivity index (χ3v) is 3.86. The van der Waals surface area contributed by atoms with Gasteiger partial charge in [-0.25, -0.2) is 0 Å². The zero-order valence-electron chi connectivity index (χ0n) is 14.5. The average molecular weight is 339 g/mol. The maximum atomic E-state index is 12.5. The topological polar surface area (TPSA) is 70.2 Å². The highest BCUT2D eigenvalue weighted by Gasteiger charge is 2.18. The highest BCUT2D eigenvalue weighted by Crippen LogP contribution is 2.17. The lowest BCUT2D eigenvalue weighted by Gasteiger charge is -2.19. The fourth-order valence-electron chi connectivity index (χ4n) is 2.52. The third kappa shape index (κ3) is 6.39. The Kier molecular flexibility index (Phi) is 7.66. The number of benzene rings is 2. The van der Waals surface area contributed by atoms with Gasteiger partial charge in [-0.2, -0.15) is 0 Å². The van der Waals surface area contributed by atoms with E-state index in [-0.39, 0.29) is 24.3 Å². The predicted molar refractivity (Wildman–Crippen MR) is 99.3 cm³/mol. The van der Waals surface area contributed by atoms with E-state index in [9.17, 15) is 9.59 Å². The third-order valence-electron chi connectivity index (χ3n) is 3.86. The van der Waals surface area contributed by atoms with Crippen molar-refractivity contribution in [3.05, 3.63) is 71.8 Å². The van der Waals surface area contributed by atoms with Crippen LogP contribution >= 0.6 is 0 Å².